The molecule has 0 aromatic heterocycles. The Morgan fingerprint density at radius 1 is 1.04 bits per heavy atom. The van der Waals surface area contributed by atoms with Gasteiger partial charge in [-0.05, 0) is 12.8 Å². The van der Waals surface area contributed by atoms with E-state index in [-0.39, 0.29) is 12.0 Å². The van der Waals surface area contributed by atoms with Crippen LogP contribution in [0.2, 0.25) is 0 Å². The first-order valence-electron chi connectivity index (χ1n) is 8.50. The van der Waals surface area contributed by atoms with Crippen LogP contribution >= 0.6 is 0 Å². The Hall–Kier alpha value is -1.40. The molecular weight excluding hydrogens is 300 g/mol. The van der Waals surface area contributed by atoms with E-state index < -0.39 is 24.3 Å². The average molecular weight is 328 g/mol. The molecule has 132 valence electrons. The first-order valence-corrected chi connectivity index (χ1v) is 8.50. The maximum atomic E-state index is 10.9. The zero-order valence-corrected chi connectivity index (χ0v) is 13.6. The van der Waals surface area contributed by atoms with Crippen LogP contribution in [0, 0.1) is 0 Å². The molecule has 2 atom stereocenters. The maximum absolute atomic E-state index is 10.9. The van der Waals surface area contributed by atoms with Gasteiger partial charge in [0.1, 0.15) is 0 Å². The lowest BCUT2D eigenvalue weighted by molar-refractivity contribution is -0.152. The highest BCUT2D eigenvalue weighted by Gasteiger charge is 2.28. The summed E-state index contributed by atoms with van der Waals surface area (Å²) in [4.78, 5) is 21.3. The molecule has 1 aliphatic heterocycles. The van der Waals surface area contributed by atoms with Crippen molar-refractivity contribution in [1.82, 2.24) is 0 Å². The molecule has 6 heteroatoms. The predicted molar refractivity (Wildman–Crippen MR) is 84.6 cm³/mol. The van der Waals surface area contributed by atoms with Gasteiger partial charge in [0.25, 0.3) is 0 Å². The van der Waals surface area contributed by atoms with Crippen LogP contribution in [0.4, 0.5) is 0 Å². The molecule has 1 rings (SSSR count). The molecular formula is C17H28O6. The van der Waals surface area contributed by atoms with Crippen molar-refractivity contribution < 1.29 is 29.6 Å². The third-order valence-corrected chi connectivity index (χ3v) is 4.05. The summed E-state index contributed by atoms with van der Waals surface area (Å²) in [5.41, 5.74) is 0.261. The molecule has 1 heterocycles. The smallest absolute Gasteiger partial charge is 0.333 e. The molecule has 3 N–H and O–H groups in total. The molecule has 0 fully saturated rings. The van der Waals surface area contributed by atoms with Crippen LogP contribution < -0.4 is 0 Å². The predicted octanol–water partition coefficient (Wildman–Crippen LogP) is 2.52. The summed E-state index contributed by atoms with van der Waals surface area (Å²) in [6, 6.07) is 0. The third kappa shape index (κ3) is 8.71. The second-order valence-corrected chi connectivity index (χ2v) is 6.06. The molecule has 0 saturated heterocycles. The Morgan fingerprint density at radius 2 is 1.57 bits per heavy atom. The quantitative estimate of drug-likeness (QED) is 0.354. The number of aliphatic carboxylic acids is 1. The fraction of sp³-hybridized carbons (Fsp3) is 0.765. The van der Waals surface area contributed by atoms with Crippen molar-refractivity contribution in [3.8, 4) is 0 Å². The van der Waals surface area contributed by atoms with Gasteiger partial charge < -0.3 is 20.1 Å². The highest BCUT2D eigenvalue weighted by molar-refractivity contribution is 5.85. The Labute approximate surface area is 137 Å². The van der Waals surface area contributed by atoms with Gasteiger partial charge in [-0.3, -0.25) is 4.79 Å². The van der Waals surface area contributed by atoms with E-state index in [0.717, 1.165) is 57.8 Å². The lowest BCUT2D eigenvalue weighted by Crippen LogP contribution is -2.20. The van der Waals surface area contributed by atoms with Gasteiger partial charge in [-0.15, -0.1) is 0 Å². The van der Waals surface area contributed by atoms with Crippen LogP contribution in [-0.2, 0) is 14.3 Å². The normalized spacial score (nSPS) is 18.6. The number of cyclic esters (lactones) is 1. The number of hydrogen-bond donors (Lipinski definition) is 3. The minimum atomic E-state index is -1.29. The average Bonchev–Trinajstić information content (AvgIpc) is 2.83. The Morgan fingerprint density at radius 3 is 2.04 bits per heavy atom. The second-order valence-electron chi connectivity index (χ2n) is 6.06. The third-order valence-electron chi connectivity index (χ3n) is 4.05. The van der Waals surface area contributed by atoms with Crippen molar-refractivity contribution in [1.29, 1.82) is 0 Å². The highest BCUT2D eigenvalue weighted by atomic mass is 16.6. The topological polar surface area (TPSA) is 104 Å². The molecule has 0 saturated carbocycles. The van der Waals surface area contributed by atoms with E-state index >= 15 is 0 Å². The number of esters is 1. The van der Waals surface area contributed by atoms with Crippen molar-refractivity contribution in [3.05, 3.63) is 11.6 Å². The molecule has 0 aliphatic carbocycles. The van der Waals surface area contributed by atoms with E-state index in [4.69, 9.17) is 5.11 Å². The number of carbonyl (C=O) groups excluding carboxylic acids is 1. The zero-order valence-electron chi connectivity index (χ0n) is 13.6. The monoisotopic (exact) mass is 328 g/mol. The van der Waals surface area contributed by atoms with Gasteiger partial charge in [0.2, 0.25) is 6.29 Å². The van der Waals surface area contributed by atoms with Crippen molar-refractivity contribution in [3.63, 3.8) is 0 Å². The minimum absolute atomic E-state index is 0.261. The molecule has 0 aromatic carbocycles. The SMILES string of the molecule is O=C(O)CCCCCCCCCCCC(O)C1=CC(=O)OC1O. The molecule has 1 aliphatic rings. The zero-order chi connectivity index (χ0) is 17.1. The number of carboxylic acid groups (broad SMARTS) is 1. The fourth-order valence-corrected chi connectivity index (χ4v) is 2.70. The van der Waals surface area contributed by atoms with Crippen LogP contribution in [0.3, 0.4) is 0 Å². The van der Waals surface area contributed by atoms with Crippen molar-refractivity contribution >= 4 is 11.9 Å². The Bertz CT molecular complexity index is 404. The summed E-state index contributed by atoms with van der Waals surface area (Å²) in [5.74, 6) is -1.32. The number of carbonyl (C=O) groups is 2. The number of carboxylic acids is 1. The van der Waals surface area contributed by atoms with Crippen molar-refractivity contribution in [2.24, 2.45) is 0 Å². The Kier molecular flexibility index (Phi) is 9.55. The van der Waals surface area contributed by atoms with E-state index in [1.54, 1.807) is 0 Å². The number of rotatable bonds is 13. The summed E-state index contributed by atoms with van der Waals surface area (Å²) in [7, 11) is 0. The van der Waals surface area contributed by atoms with Crippen LogP contribution in [0.15, 0.2) is 11.6 Å². The molecule has 0 amide bonds. The molecule has 6 nitrogen and oxygen atoms in total. The van der Waals surface area contributed by atoms with Gasteiger partial charge in [-0.25, -0.2) is 4.79 Å². The van der Waals surface area contributed by atoms with Gasteiger partial charge in [0.15, 0.2) is 0 Å². The standard InChI is InChI=1S/C17H28O6/c18-14(13-12-16(21)23-17(13)22)10-8-6-4-2-1-3-5-7-9-11-15(19)20/h12,14,17-18,22H,1-11H2,(H,19,20). The Balaban J connectivity index is 1.91. The first kappa shape index (κ1) is 19.6. The molecule has 0 radical (unpaired) electrons. The minimum Gasteiger partial charge on any atom is -0.481 e. The number of unbranched alkanes of at least 4 members (excludes halogenated alkanes) is 8. The van der Waals surface area contributed by atoms with Crippen molar-refractivity contribution in [2.45, 2.75) is 83.0 Å². The maximum Gasteiger partial charge on any atom is 0.333 e. The van der Waals surface area contributed by atoms with Gasteiger partial charge in [0, 0.05) is 18.1 Å². The van der Waals surface area contributed by atoms with E-state index in [0.29, 0.717) is 6.42 Å². The largest absolute Gasteiger partial charge is 0.481 e. The lowest BCUT2D eigenvalue weighted by Gasteiger charge is -2.14. The van der Waals surface area contributed by atoms with E-state index in [1.807, 2.05) is 0 Å². The van der Waals surface area contributed by atoms with Crippen LogP contribution in [0.1, 0.15) is 70.6 Å². The first-order chi connectivity index (χ1) is 11.0. The van der Waals surface area contributed by atoms with Crippen LogP contribution in [0.25, 0.3) is 0 Å². The van der Waals surface area contributed by atoms with E-state index in [9.17, 15) is 19.8 Å². The summed E-state index contributed by atoms with van der Waals surface area (Å²) >= 11 is 0. The summed E-state index contributed by atoms with van der Waals surface area (Å²) in [6.07, 6.45) is 9.07. The van der Waals surface area contributed by atoms with E-state index in [2.05, 4.69) is 4.74 Å². The second kappa shape index (κ2) is 11.2. The number of aliphatic hydroxyl groups excluding tert-OH is 2. The van der Waals surface area contributed by atoms with E-state index in [1.165, 1.54) is 6.08 Å². The summed E-state index contributed by atoms with van der Waals surface area (Å²) in [5, 5.41) is 27.8. The number of aliphatic hydroxyl groups is 2. The van der Waals surface area contributed by atoms with Crippen LogP contribution in [-0.4, -0.2) is 39.7 Å². The van der Waals surface area contributed by atoms with Crippen molar-refractivity contribution in [2.75, 3.05) is 0 Å². The highest BCUT2D eigenvalue weighted by Crippen LogP contribution is 2.21. The lowest BCUT2D eigenvalue weighted by atomic mass is 10.0. The van der Waals surface area contributed by atoms with Crippen LogP contribution in [0.5, 0.6) is 0 Å². The molecule has 23 heavy (non-hydrogen) atoms. The fourth-order valence-electron chi connectivity index (χ4n) is 2.70. The number of hydrogen-bond acceptors (Lipinski definition) is 5. The summed E-state index contributed by atoms with van der Waals surface area (Å²) < 4.78 is 4.54. The molecule has 0 spiro atoms. The molecule has 0 bridgehead atoms. The number of ether oxygens (including phenoxy) is 1. The van der Waals surface area contributed by atoms with Gasteiger partial charge >= 0.3 is 11.9 Å². The molecule has 0 aromatic rings. The van der Waals surface area contributed by atoms with Gasteiger partial charge in [-0.1, -0.05) is 51.4 Å². The van der Waals surface area contributed by atoms with Gasteiger partial charge in [0.05, 0.1) is 6.10 Å². The summed E-state index contributed by atoms with van der Waals surface area (Å²) in [6.45, 7) is 0. The van der Waals surface area contributed by atoms with Gasteiger partial charge in [-0.2, -0.15) is 0 Å². The molecule has 2 unspecified atom stereocenters.